The summed E-state index contributed by atoms with van der Waals surface area (Å²) < 4.78 is 11.3. The van der Waals surface area contributed by atoms with Crippen LogP contribution >= 0.6 is 0 Å². The molecule has 0 saturated carbocycles. The summed E-state index contributed by atoms with van der Waals surface area (Å²) in [6.07, 6.45) is 0. The first kappa shape index (κ1) is 22.8. The molecule has 0 unspecified atom stereocenters. The Balaban J connectivity index is 1.26. The fourth-order valence-electron chi connectivity index (χ4n) is 4.64. The molecule has 2 heterocycles. The molecule has 35 heavy (non-hydrogen) atoms. The Morgan fingerprint density at radius 2 is 1.66 bits per heavy atom. The van der Waals surface area contributed by atoms with Crippen molar-refractivity contribution in [2.24, 2.45) is 0 Å². The minimum Gasteiger partial charge on any atom is -0.492 e. The molecule has 0 atom stereocenters. The van der Waals surface area contributed by atoms with Crippen LogP contribution in [0, 0.1) is 0 Å². The van der Waals surface area contributed by atoms with Gasteiger partial charge in [-0.1, -0.05) is 36.4 Å². The number of fused-ring (bicyclic) bond motifs is 1. The minimum atomic E-state index is -0.0936. The van der Waals surface area contributed by atoms with Crippen LogP contribution in [-0.4, -0.2) is 56.1 Å². The number of rotatable bonds is 6. The Labute approximate surface area is 205 Å². The van der Waals surface area contributed by atoms with Gasteiger partial charge in [0.2, 0.25) is 0 Å². The van der Waals surface area contributed by atoms with E-state index in [0.717, 1.165) is 35.8 Å². The number of nitrogens with zero attached hydrogens (tertiary/aromatic N) is 3. The minimum absolute atomic E-state index is 0.0123. The van der Waals surface area contributed by atoms with Crippen LogP contribution in [0.3, 0.4) is 0 Å². The maximum Gasteiger partial charge on any atom is 0.265 e. The van der Waals surface area contributed by atoms with Crippen molar-refractivity contribution in [1.82, 2.24) is 4.90 Å². The SMILES string of the molecule is CCOc1ccccc1N1CCN(C(=O)c2cccc(CN3C(=O)COc4ccccc43)c2)CC1. The number of carbonyl (C=O) groups excluding carboxylic acids is 2. The van der Waals surface area contributed by atoms with Crippen molar-refractivity contribution in [3.05, 3.63) is 83.9 Å². The second-order valence-corrected chi connectivity index (χ2v) is 8.62. The Morgan fingerprint density at radius 1 is 0.914 bits per heavy atom. The number of anilines is 2. The van der Waals surface area contributed by atoms with Gasteiger partial charge in [0.25, 0.3) is 11.8 Å². The van der Waals surface area contributed by atoms with Gasteiger partial charge in [0.1, 0.15) is 11.5 Å². The largest absolute Gasteiger partial charge is 0.492 e. The van der Waals surface area contributed by atoms with E-state index >= 15 is 0 Å². The van der Waals surface area contributed by atoms with Gasteiger partial charge in [-0.3, -0.25) is 9.59 Å². The number of amides is 2. The molecule has 3 aromatic carbocycles. The number of carbonyl (C=O) groups is 2. The van der Waals surface area contributed by atoms with Crippen molar-refractivity contribution >= 4 is 23.2 Å². The normalized spacial score (nSPS) is 15.5. The molecule has 2 amide bonds. The summed E-state index contributed by atoms with van der Waals surface area (Å²) in [4.78, 5) is 31.7. The van der Waals surface area contributed by atoms with E-state index in [4.69, 9.17) is 9.47 Å². The molecule has 180 valence electrons. The summed E-state index contributed by atoms with van der Waals surface area (Å²) in [6, 6.07) is 23.1. The molecule has 2 aliphatic heterocycles. The molecule has 0 N–H and O–H groups in total. The Kier molecular flexibility index (Phi) is 6.57. The number of para-hydroxylation sites is 4. The van der Waals surface area contributed by atoms with Gasteiger partial charge in [-0.2, -0.15) is 0 Å². The van der Waals surface area contributed by atoms with E-state index in [-0.39, 0.29) is 18.4 Å². The van der Waals surface area contributed by atoms with Crippen molar-refractivity contribution in [3.63, 3.8) is 0 Å². The number of piperazine rings is 1. The van der Waals surface area contributed by atoms with Crippen LogP contribution in [0.4, 0.5) is 11.4 Å². The average molecular weight is 472 g/mol. The van der Waals surface area contributed by atoms with Gasteiger partial charge in [0, 0.05) is 31.7 Å². The van der Waals surface area contributed by atoms with E-state index in [1.54, 1.807) is 4.90 Å². The van der Waals surface area contributed by atoms with Crippen LogP contribution in [0.1, 0.15) is 22.8 Å². The standard InChI is InChI=1S/C28H29N3O4/c1-2-34-25-12-5-3-10-23(25)29-14-16-30(17-15-29)28(33)22-9-7-8-21(18-22)19-31-24-11-4-6-13-26(24)35-20-27(31)32/h3-13,18H,2,14-17,19-20H2,1H3. The van der Waals surface area contributed by atoms with Crippen LogP contribution in [-0.2, 0) is 11.3 Å². The number of ether oxygens (including phenoxy) is 2. The van der Waals surface area contributed by atoms with Gasteiger partial charge in [0.05, 0.1) is 24.5 Å². The van der Waals surface area contributed by atoms with Crippen LogP contribution in [0.2, 0.25) is 0 Å². The molecule has 5 rings (SSSR count). The van der Waals surface area contributed by atoms with E-state index in [2.05, 4.69) is 11.0 Å². The van der Waals surface area contributed by atoms with Gasteiger partial charge < -0.3 is 24.2 Å². The average Bonchev–Trinajstić information content (AvgIpc) is 2.91. The molecule has 0 aliphatic carbocycles. The molecular weight excluding hydrogens is 442 g/mol. The van der Waals surface area contributed by atoms with E-state index in [1.165, 1.54) is 0 Å². The van der Waals surface area contributed by atoms with Crippen LogP contribution < -0.4 is 19.3 Å². The van der Waals surface area contributed by atoms with Gasteiger partial charge >= 0.3 is 0 Å². The van der Waals surface area contributed by atoms with Gasteiger partial charge in [0.15, 0.2) is 6.61 Å². The molecule has 1 saturated heterocycles. The van der Waals surface area contributed by atoms with Crippen molar-refractivity contribution in [2.75, 3.05) is 49.2 Å². The number of hydrogen-bond donors (Lipinski definition) is 0. The molecule has 7 nitrogen and oxygen atoms in total. The lowest BCUT2D eigenvalue weighted by atomic mass is 10.1. The lowest BCUT2D eigenvalue weighted by molar-refractivity contribution is -0.121. The van der Waals surface area contributed by atoms with Crippen LogP contribution in [0.25, 0.3) is 0 Å². The molecule has 1 fully saturated rings. The molecule has 0 aromatic heterocycles. The summed E-state index contributed by atoms with van der Waals surface area (Å²) >= 11 is 0. The summed E-state index contributed by atoms with van der Waals surface area (Å²) in [5.74, 6) is 1.49. The predicted molar refractivity (Wildman–Crippen MR) is 135 cm³/mol. The highest BCUT2D eigenvalue weighted by Gasteiger charge is 2.27. The Hall–Kier alpha value is -4.00. The highest BCUT2D eigenvalue weighted by atomic mass is 16.5. The highest BCUT2D eigenvalue weighted by Crippen LogP contribution is 2.33. The summed E-state index contributed by atoms with van der Waals surface area (Å²) in [5, 5.41) is 0. The topological polar surface area (TPSA) is 62.3 Å². The van der Waals surface area contributed by atoms with Crippen molar-refractivity contribution < 1.29 is 19.1 Å². The first-order chi connectivity index (χ1) is 17.1. The van der Waals surface area contributed by atoms with E-state index < -0.39 is 0 Å². The van der Waals surface area contributed by atoms with Crippen molar-refractivity contribution in [2.45, 2.75) is 13.5 Å². The summed E-state index contributed by atoms with van der Waals surface area (Å²) in [7, 11) is 0. The Morgan fingerprint density at radius 3 is 2.46 bits per heavy atom. The first-order valence-corrected chi connectivity index (χ1v) is 12.0. The molecule has 3 aromatic rings. The lowest BCUT2D eigenvalue weighted by Gasteiger charge is -2.36. The monoisotopic (exact) mass is 471 g/mol. The Bertz CT molecular complexity index is 1220. The molecule has 0 bridgehead atoms. The maximum absolute atomic E-state index is 13.3. The van der Waals surface area contributed by atoms with E-state index in [9.17, 15) is 9.59 Å². The lowest BCUT2D eigenvalue weighted by Crippen LogP contribution is -2.48. The van der Waals surface area contributed by atoms with E-state index in [1.807, 2.05) is 78.6 Å². The molecule has 7 heteroatoms. The predicted octanol–water partition coefficient (Wildman–Crippen LogP) is 3.97. The van der Waals surface area contributed by atoms with Crippen LogP contribution in [0.5, 0.6) is 11.5 Å². The third kappa shape index (κ3) is 4.80. The van der Waals surface area contributed by atoms with Gasteiger partial charge in [-0.15, -0.1) is 0 Å². The third-order valence-corrected chi connectivity index (χ3v) is 6.40. The number of hydrogen-bond acceptors (Lipinski definition) is 5. The zero-order valence-corrected chi connectivity index (χ0v) is 19.9. The fourth-order valence-corrected chi connectivity index (χ4v) is 4.64. The quantitative estimate of drug-likeness (QED) is 0.544. The molecular formula is C28H29N3O4. The smallest absolute Gasteiger partial charge is 0.265 e. The molecule has 0 radical (unpaired) electrons. The summed E-state index contributed by atoms with van der Waals surface area (Å²) in [5.41, 5.74) is 3.37. The highest BCUT2D eigenvalue weighted by molar-refractivity contribution is 5.98. The van der Waals surface area contributed by atoms with Crippen molar-refractivity contribution in [1.29, 1.82) is 0 Å². The van der Waals surface area contributed by atoms with Gasteiger partial charge in [-0.05, 0) is 48.9 Å². The zero-order chi connectivity index (χ0) is 24.2. The van der Waals surface area contributed by atoms with Crippen LogP contribution in [0.15, 0.2) is 72.8 Å². The second-order valence-electron chi connectivity index (χ2n) is 8.62. The zero-order valence-electron chi connectivity index (χ0n) is 19.9. The number of benzene rings is 3. The summed E-state index contributed by atoms with van der Waals surface area (Å²) in [6.45, 7) is 5.78. The first-order valence-electron chi connectivity index (χ1n) is 12.0. The fraction of sp³-hybridized carbons (Fsp3) is 0.286. The molecule has 0 spiro atoms. The van der Waals surface area contributed by atoms with Gasteiger partial charge in [-0.25, -0.2) is 0 Å². The molecule has 2 aliphatic rings. The van der Waals surface area contributed by atoms with Crippen molar-refractivity contribution in [3.8, 4) is 11.5 Å². The van der Waals surface area contributed by atoms with E-state index in [0.29, 0.717) is 37.6 Å². The maximum atomic E-state index is 13.3. The third-order valence-electron chi connectivity index (χ3n) is 6.40. The second kappa shape index (κ2) is 10.1.